The largest absolute Gasteiger partial charge is 0.326 e. The number of nitrogens with one attached hydrogen (secondary N) is 2. The molecule has 0 fully saturated rings. The zero-order valence-electron chi connectivity index (χ0n) is 8.15. The van der Waals surface area contributed by atoms with Gasteiger partial charge in [-0.05, 0) is 5.56 Å². The Labute approximate surface area is 90.0 Å². The van der Waals surface area contributed by atoms with Gasteiger partial charge in [-0.3, -0.25) is 14.8 Å². The van der Waals surface area contributed by atoms with Crippen LogP contribution in [-0.2, 0) is 0 Å². The van der Waals surface area contributed by atoms with Crippen LogP contribution >= 0.6 is 0 Å². The Morgan fingerprint density at radius 3 is 2.38 bits per heavy atom. The molecule has 0 spiro atoms. The highest BCUT2D eigenvalue weighted by Gasteiger charge is 2.10. The van der Waals surface area contributed by atoms with Crippen molar-refractivity contribution >= 4 is 0 Å². The summed E-state index contributed by atoms with van der Waals surface area (Å²) in [6.45, 7) is 0. The summed E-state index contributed by atoms with van der Waals surface area (Å²) in [6.07, 6.45) is 0. The summed E-state index contributed by atoms with van der Waals surface area (Å²) in [5, 5.41) is 8.86. The van der Waals surface area contributed by atoms with Gasteiger partial charge < -0.3 is 0 Å². The summed E-state index contributed by atoms with van der Waals surface area (Å²) in [6, 6.07) is 10.5. The van der Waals surface area contributed by atoms with Crippen molar-refractivity contribution in [1.29, 1.82) is 5.26 Å². The first-order valence-electron chi connectivity index (χ1n) is 4.54. The first kappa shape index (κ1) is 9.93. The maximum absolute atomic E-state index is 11.6. The number of nitriles is 1. The maximum atomic E-state index is 11.6. The molecule has 0 aliphatic carbocycles. The van der Waals surface area contributed by atoms with Crippen LogP contribution in [0.5, 0.6) is 0 Å². The van der Waals surface area contributed by atoms with Crippen molar-refractivity contribution in [3.8, 4) is 17.2 Å². The molecule has 0 bridgehead atoms. The quantitative estimate of drug-likeness (QED) is 0.726. The maximum Gasteiger partial charge on any atom is 0.326 e. The lowest BCUT2D eigenvalue weighted by atomic mass is 10.1. The average Bonchev–Trinajstić information content (AvgIpc) is 2.29. The molecular weight excluding hydrogens is 206 g/mol. The number of hydrogen-bond acceptors (Lipinski definition) is 3. The van der Waals surface area contributed by atoms with E-state index in [9.17, 15) is 9.59 Å². The van der Waals surface area contributed by atoms with Gasteiger partial charge in [-0.25, -0.2) is 4.79 Å². The second-order valence-corrected chi connectivity index (χ2v) is 3.14. The number of aromatic nitrogens is 2. The van der Waals surface area contributed by atoms with E-state index in [1.807, 2.05) is 0 Å². The van der Waals surface area contributed by atoms with Gasteiger partial charge >= 0.3 is 5.69 Å². The number of nitrogens with zero attached hydrogens (tertiary/aromatic N) is 1. The van der Waals surface area contributed by atoms with Gasteiger partial charge in [-0.2, -0.15) is 5.26 Å². The number of aromatic amines is 2. The van der Waals surface area contributed by atoms with Gasteiger partial charge in [0.15, 0.2) is 0 Å². The molecule has 5 heteroatoms. The molecule has 0 atom stereocenters. The molecule has 0 saturated carbocycles. The molecule has 1 aromatic carbocycles. The third kappa shape index (κ3) is 1.64. The highest BCUT2D eigenvalue weighted by Crippen LogP contribution is 2.15. The molecular formula is C11H7N3O2. The van der Waals surface area contributed by atoms with Crippen LogP contribution in [0.1, 0.15) is 5.69 Å². The van der Waals surface area contributed by atoms with Gasteiger partial charge in [0.2, 0.25) is 0 Å². The van der Waals surface area contributed by atoms with Gasteiger partial charge in [0, 0.05) is 0 Å². The number of H-pyrrole nitrogens is 2. The Balaban J connectivity index is 2.81. The van der Waals surface area contributed by atoms with Gasteiger partial charge in [0.1, 0.15) is 11.8 Å². The van der Waals surface area contributed by atoms with E-state index in [0.717, 1.165) is 0 Å². The van der Waals surface area contributed by atoms with Crippen molar-refractivity contribution in [2.24, 2.45) is 0 Å². The van der Waals surface area contributed by atoms with E-state index in [1.165, 1.54) is 0 Å². The predicted octanol–water partition coefficient (Wildman–Crippen LogP) is 0.602. The van der Waals surface area contributed by atoms with E-state index >= 15 is 0 Å². The lowest BCUT2D eigenvalue weighted by Gasteiger charge is -2.01. The van der Waals surface area contributed by atoms with Crippen molar-refractivity contribution in [2.45, 2.75) is 0 Å². The highest BCUT2D eigenvalue weighted by atomic mass is 16.2. The van der Waals surface area contributed by atoms with E-state index in [1.54, 1.807) is 36.4 Å². The number of benzene rings is 1. The van der Waals surface area contributed by atoms with Gasteiger partial charge in [-0.15, -0.1) is 0 Å². The lowest BCUT2D eigenvalue weighted by Crippen LogP contribution is -2.25. The van der Waals surface area contributed by atoms with E-state index in [2.05, 4.69) is 9.97 Å². The fourth-order valence-corrected chi connectivity index (χ4v) is 1.45. The lowest BCUT2D eigenvalue weighted by molar-refractivity contribution is 1.02. The zero-order chi connectivity index (χ0) is 11.5. The normalized spacial score (nSPS) is 9.69. The third-order valence-corrected chi connectivity index (χ3v) is 2.12. The standard InChI is InChI=1S/C11H7N3O2/c12-6-8-9(7-4-2-1-3-5-7)10(15)14-11(16)13-8/h1-5H,(H2,13,14,15,16). The molecule has 0 unspecified atom stereocenters. The summed E-state index contributed by atoms with van der Waals surface area (Å²) in [5.74, 6) is 0. The summed E-state index contributed by atoms with van der Waals surface area (Å²) < 4.78 is 0. The van der Waals surface area contributed by atoms with Gasteiger partial charge in [0.05, 0.1) is 5.56 Å². The van der Waals surface area contributed by atoms with Crippen molar-refractivity contribution < 1.29 is 0 Å². The van der Waals surface area contributed by atoms with E-state index in [4.69, 9.17) is 5.26 Å². The highest BCUT2D eigenvalue weighted by molar-refractivity contribution is 5.67. The summed E-state index contributed by atoms with van der Waals surface area (Å²) >= 11 is 0. The third-order valence-electron chi connectivity index (χ3n) is 2.12. The van der Waals surface area contributed by atoms with Crippen LogP contribution in [0.3, 0.4) is 0 Å². The molecule has 0 aliphatic heterocycles. The van der Waals surface area contributed by atoms with Crippen molar-refractivity contribution in [2.75, 3.05) is 0 Å². The minimum Gasteiger partial charge on any atom is -0.298 e. The Bertz CT molecular complexity index is 662. The Kier molecular flexibility index (Phi) is 2.40. The topological polar surface area (TPSA) is 89.5 Å². The zero-order valence-corrected chi connectivity index (χ0v) is 8.15. The van der Waals surface area contributed by atoms with Crippen LogP contribution in [0.15, 0.2) is 39.9 Å². The molecule has 2 rings (SSSR count). The first-order chi connectivity index (χ1) is 7.72. The predicted molar refractivity (Wildman–Crippen MR) is 57.8 cm³/mol. The van der Waals surface area contributed by atoms with Crippen molar-refractivity contribution in [3.63, 3.8) is 0 Å². The summed E-state index contributed by atoms with van der Waals surface area (Å²) in [7, 11) is 0. The van der Waals surface area contributed by atoms with Crippen LogP contribution in [-0.4, -0.2) is 9.97 Å². The molecule has 1 heterocycles. The summed E-state index contributed by atoms with van der Waals surface area (Å²) in [4.78, 5) is 27.0. The molecule has 0 radical (unpaired) electrons. The number of hydrogen-bond donors (Lipinski definition) is 2. The second-order valence-electron chi connectivity index (χ2n) is 3.14. The van der Waals surface area contributed by atoms with E-state index in [0.29, 0.717) is 5.56 Å². The fourth-order valence-electron chi connectivity index (χ4n) is 1.45. The molecule has 0 aliphatic rings. The minimum atomic E-state index is -0.679. The smallest absolute Gasteiger partial charge is 0.298 e. The average molecular weight is 213 g/mol. The molecule has 16 heavy (non-hydrogen) atoms. The van der Waals surface area contributed by atoms with Crippen LogP contribution in [0.2, 0.25) is 0 Å². The Morgan fingerprint density at radius 2 is 1.75 bits per heavy atom. The molecule has 1 aromatic heterocycles. The Morgan fingerprint density at radius 1 is 1.06 bits per heavy atom. The van der Waals surface area contributed by atoms with E-state index < -0.39 is 11.2 Å². The molecule has 2 N–H and O–H groups in total. The number of rotatable bonds is 1. The Hall–Kier alpha value is -2.61. The molecule has 78 valence electrons. The van der Waals surface area contributed by atoms with Gasteiger partial charge in [0.25, 0.3) is 5.56 Å². The van der Waals surface area contributed by atoms with E-state index in [-0.39, 0.29) is 11.3 Å². The first-order valence-corrected chi connectivity index (χ1v) is 4.54. The SMILES string of the molecule is N#Cc1[nH]c(=O)[nH]c(=O)c1-c1ccccc1. The van der Waals surface area contributed by atoms with Crippen LogP contribution in [0.25, 0.3) is 11.1 Å². The van der Waals surface area contributed by atoms with Crippen molar-refractivity contribution in [1.82, 2.24) is 9.97 Å². The monoisotopic (exact) mass is 213 g/mol. The van der Waals surface area contributed by atoms with Crippen LogP contribution in [0.4, 0.5) is 0 Å². The minimum absolute atomic E-state index is 0.0278. The van der Waals surface area contributed by atoms with Crippen molar-refractivity contribution in [3.05, 3.63) is 56.9 Å². The van der Waals surface area contributed by atoms with Crippen LogP contribution in [0, 0.1) is 11.3 Å². The van der Waals surface area contributed by atoms with Crippen LogP contribution < -0.4 is 11.2 Å². The second kappa shape index (κ2) is 3.87. The van der Waals surface area contributed by atoms with Gasteiger partial charge in [-0.1, -0.05) is 30.3 Å². The molecule has 5 nitrogen and oxygen atoms in total. The summed E-state index contributed by atoms with van der Waals surface area (Å²) in [5.41, 5.74) is -0.494. The molecule has 0 saturated heterocycles. The fraction of sp³-hybridized carbons (Fsp3) is 0. The molecule has 0 amide bonds. The molecule has 2 aromatic rings.